The highest BCUT2D eigenvalue weighted by atomic mass is 16.4. The average molecular weight is 271 g/mol. The van der Waals surface area contributed by atoms with Gasteiger partial charge in [0.25, 0.3) is 0 Å². The molecule has 0 saturated heterocycles. The molecular weight excluding hydrogens is 242 g/mol. The number of aliphatic carboxylic acids is 1. The number of carboxylic acids is 1. The van der Waals surface area contributed by atoms with Crippen molar-refractivity contribution >= 4 is 11.9 Å². The Hall–Kier alpha value is -1.06. The van der Waals surface area contributed by atoms with E-state index < -0.39 is 12.0 Å². The molecule has 0 spiro atoms. The summed E-state index contributed by atoms with van der Waals surface area (Å²) < 4.78 is 0. The molecule has 0 aliphatic carbocycles. The average Bonchev–Trinajstić information content (AvgIpc) is 2.37. The van der Waals surface area contributed by atoms with Crippen molar-refractivity contribution in [2.24, 2.45) is 0 Å². The van der Waals surface area contributed by atoms with Gasteiger partial charge in [-0.05, 0) is 12.8 Å². The fraction of sp³-hybridized carbons (Fsp3) is 0.867. The number of unbranched alkanes of at least 4 members (excludes halogenated alkanes) is 6. The highest BCUT2D eigenvalue weighted by Gasteiger charge is 2.18. The highest BCUT2D eigenvalue weighted by molar-refractivity contribution is 5.83. The second-order valence-corrected chi connectivity index (χ2v) is 5.12. The topological polar surface area (TPSA) is 66.4 Å². The highest BCUT2D eigenvalue weighted by Crippen LogP contribution is 2.08. The van der Waals surface area contributed by atoms with Crippen LogP contribution in [0.2, 0.25) is 0 Å². The molecule has 0 aromatic carbocycles. The van der Waals surface area contributed by atoms with E-state index in [0.717, 1.165) is 19.3 Å². The van der Waals surface area contributed by atoms with E-state index in [0.29, 0.717) is 12.8 Å². The number of carboxylic acid groups (broad SMARTS) is 1. The first-order valence-corrected chi connectivity index (χ1v) is 7.64. The smallest absolute Gasteiger partial charge is 0.326 e. The van der Waals surface area contributed by atoms with Crippen molar-refractivity contribution in [2.45, 2.75) is 84.1 Å². The predicted molar refractivity (Wildman–Crippen MR) is 77.1 cm³/mol. The molecule has 4 nitrogen and oxygen atoms in total. The van der Waals surface area contributed by atoms with Crippen molar-refractivity contribution in [3.05, 3.63) is 0 Å². The van der Waals surface area contributed by atoms with Crippen LogP contribution in [0.5, 0.6) is 0 Å². The first-order chi connectivity index (χ1) is 9.11. The van der Waals surface area contributed by atoms with Gasteiger partial charge in [-0.3, -0.25) is 4.79 Å². The lowest BCUT2D eigenvalue weighted by atomic mass is 10.1. The van der Waals surface area contributed by atoms with Gasteiger partial charge in [0.1, 0.15) is 6.04 Å². The van der Waals surface area contributed by atoms with Crippen molar-refractivity contribution in [1.82, 2.24) is 5.32 Å². The van der Waals surface area contributed by atoms with Crippen molar-refractivity contribution in [1.29, 1.82) is 0 Å². The van der Waals surface area contributed by atoms with E-state index in [4.69, 9.17) is 5.11 Å². The van der Waals surface area contributed by atoms with E-state index in [1.807, 2.05) is 6.92 Å². The molecule has 0 aliphatic heterocycles. The summed E-state index contributed by atoms with van der Waals surface area (Å²) in [5.41, 5.74) is 0. The van der Waals surface area contributed by atoms with Crippen molar-refractivity contribution in [3.8, 4) is 0 Å². The summed E-state index contributed by atoms with van der Waals surface area (Å²) in [6.45, 7) is 4.11. The molecule has 0 aliphatic rings. The first kappa shape index (κ1) is 17.9. The van der Waals surface area contributed by atoms with Crippen LogP contribution in [0.4, 0.5) is 0 Å². The SMILES string of the molecule is CCCCCCCCCC(=O)NC(CCC)C(=O)O. The van der Waals surface area contributed by atoms with Crippen LogP contribution in [0.3, 0.4) is 0 Å². The molecule has 0 aromatic rings. The summed E-state index contributed by atoms with van der Waals surface area (Å²) in [7, 11) is 0. The van der Waals surface area contributed by atoms with Gasteiger partial charge in [-0.2, -0.15) is 0 Å². The van der Waals surface area contributed by atoms with E-state index in [1.165, 1.54) is 32.1 Å². The largest absolute Gasteiger partial charge is 0.480 e. The molecule has 19 heavy (non-hydrogen) atoms. The second-order valence-electron chi connectivity index (χ2n) is 5.12. The van der Waals surface area contributed by atoms with Crippen LogP contribution in [0, 0.1) is 0 Å². The minimum atomic E-state index is -0.935. The van der Waals surface area contributed by atoms with Crippen molar-refractivity contribution in [3.63, 3.8) is 0 Å². The van der Waals surface area contributed by atoms with Gasteiger partial charge >= 0.3 is 5.97 Å². The van der Waals surface area contributed by atoms with Gasteiger partial charge in [-0.15, -0.1) is 0 Å². The zero-order chi connectivity index (χ0) is 14.5. The molecule has 112 valence electrons. The molecule has 4 heteroatoms. The Kier molecular flexibility index (Phi) is 11.3. The van der Waals surface area contributed by atoms with E-state index in [9.17, 15) is 9.59 Å². The number of carbonyl (C=O) groups is 2. The zero-order valence-corrected chi connectivity index (χ0v) is 12.4. The molecule has 0 rings (SSSR count). The molecule has 0 radical (unpaired) electrons. The van der Waals surface area contributed by atoms with Gasteiger partial charge in [-0.1, -0.05) is 58.8 Å². The second kappa shape index (κ2) is 12.0. The van der Waals surface area contributed by atoms with Gasteiger partial charge in [0, 0.05) is 6.42 Å². The molecule has 0 aromatic heterocycles. The number of carbonyl (C=O) groups excluding carboxylic acids is 1. The summed E-state index contributed by atoms with van der Waals surface area (Å²) in [4.78, 5) is 22.5. The third-order valence-corrected chi connectivity index (χ3v) is 3.22. The maximum atomic E-state index is 11.6. The molecule has 2 N–H and O–H groups in total. The fourth-order valence-corrected chi connectivity index (χ4v) is 2.06. The quantitative estimate of drug-likeness (QED) is 0.534. The Labute approximate surface area is 117 Å². The van der Waals surface area contributed by atoms with Crippen LogP contribution in [0.25, 0.3) is 0 Å². The third kappa shape index (κ3) is 10.5. The Morgan fingerprint density at radius 2 is 1.53 bits per heavy atom. The Bertz CT molecular complexity index is 254. The maximum Gasteiger partial charge on any atom is 0.326 e. The van der Waals surface area contributed by atoms with Crippen LogP contribution in [0.1, 0.15) is 78.1 Å². The van der Waals surface area contributed by atoms with Gasteiger partial charge < -0.3 is 10.4 Å². The summed E-state index contributed by atoms with van der Waals surface area (Å²) in [6.07, 6.45) is 9.84. The van der Waals surface area contributed by atoms with Crippen molar-refractivity contribution in [2.75, 3.05) is 0 Å². The number of rotatable bonds is 12. The molecule has 0 saturated carbocycles. The minimum Gasteiger partial charge on any atom is -0.480 e. The first-order valence-electron chi connectivity index (χ1n) is 7.64. The van der Waals surface area contributed by atoms with E-state index in [2.05, 4.69) is 12.2 Å². The molecule has 0 fully saturated rings. The number of amides is 1. The summed E-state index contributed by atoms with van der Waals surface area (Å²) in [5.74, 6) is -1.07. The summed E-state index contributed by atoms with van der Waals surface area (Å²) in [5, 5.41) is 11.5. The molecule has 0 heterocycles. The molecule has 1 atom stereocenters. The minimum absolute atomic E-state index is 0.130. The lowest BCUT2D eigenvalue weighted by molar-refractivity contribution is -0.142. The lowest BCUT2D eigenvalue weighted by Gasteiger charge is -2.13. The summed E-state index contributed by atoms with van der Waals surface area (Å²) in [6, 6.07) is -0.720. The predicted octanol–water partition coefficient (Wildman–Crippen LogP) is 3.50. The number of hydrogen-bond acceptors (Lipinski definition) is 2. The van der Waals surface area contributed by atoms with Crippen LogP contribution in [-0.4, -0.2) is 23.0 Å². The van der Waals surface area contributed by atoms with Gasteiger partial charge in [-0.25, -0.2) is 4.79 Å². The maximum absolute atomic E-state index is 11.6. The Balaban J connectivity index is 3.60. The van der Waals surface area contributed by atoms with E-state index >= 15 is 0 Å². The standard InChI is InChI=1S/C15H29NO3/c1-3-5-6-7-8-9-10-12-14(17)16-13(11-4-2)15(18)19/h13H,3-12H2,1-2H3,(H,16,17)(H,18,19). The third-order valence-electron chi connectivity index (χ3n) is 3.22. The fourth-order valence-electron chi connectivity index (χ4n) is 2.06. The molecule has 1 unspecified atom stereocenters. The van der Waals surface area contributed by atoms with Crippen molar-refractivity contribution < 1.29 is 14.7 Å². The normalized spacial score (nSPS) is 12.1. The van der Waals surface area contributed by atoms with Crippen LogP contribution >= 0.6 is 0 Å². The Morgan fingerprint density at radius 1 is 0.947 bits per heavy atom. The van der Waals surface area contributed by atoms with Gasteiger partial charge in [0.2, 0.25) is 5.91 Å². The van der Waals surface area contributed by atoms with Crippen LogP contribution in [0.15, 0.2) is 0 Å². The molecule has 0 bridgehead atoms. The van der Waals surface area contributed by atoms with Crippen LogP contribution < -0.4 is 5.32 Å². The number of hydrogen-bond donors (Lipinski definition) is 2. The number of nitrogens with one attached hydrogen (secondary N) is 1. The molecule has 1 amide bonds. The van der Waals surface area contributed by atoms with Gasteiger partial charge in [0.15, 0.2) is 0 Å². The van der Waals surface area contributed by atoms with Gasteiger partial charge in [0.05, 0.1) is 0 Å². The summed E-state index contributed by atoms with van der Waals surface area (Å²) >= 11 is 0. The van der Waals surface area contributed by atoms with E-state index in [1.54, 1.807) is 0 Å². The van der Waals surface area contributed by atoms with E-state index in [-0.39, 0.29) is 5.91 Å². The Morgan fingerprint density at radius 3 is 2.05 bits per heavy atom. The lowest BCUT2D eigenvalue weighted by Crippen LogP contribution is -2.40. The molecular formula is C15H29NO3. The van der Waals surface area contributed by atoms with Crippen LogP contribution in [-0.2, 0) is 9.59 Å². The zero-order valence-electron chi connectivity index (χ0n) is 12.4. The monoisotopic (exact) mass is 271 g/mol.